The van der Waals surface area contributed by atoms with Crippen molar-refractivity contribution in [3.8, 4) is 0 Å². The van der Waals surface area contributed by atoms with Gasteiger partial charge in [-0.25, -0.2) is 4.79 Å². The number of anilines is 1. The van der Waals surface area contributed by atoms with Crippen LogP contribution in [-0.2, 0) is 0 Å². The number of rotatable bonds is 5. The zero-order valence-corrected chi connectivity index (χ0v) is 10.7. The average Bonchev–Trinajstić information content (AvgIpc) is 3.18. The van der Waals surface area contributed by atoms with Gasteiger partial charge in [0.25, 0.3) is 0 Å². The number of carboxylic acids is 1. The van der Waals surface area contributed by atoms with Crippen molar-refractivity contribution in [2.75, 3.05) is 11.4 Å². The lowest BCUT2D eigenvalue weighted by atomic mass is 10.1. The molecule has 2 aliphatic carbocycles. The molecule has 3 heteroatoms. The lowest BCUT2D eigenvalue weighted by Crippen LogP contribution is -2.28. The molecule has 0 bridgehead atoms. The summed E-state index contributed by atoms with van der Waals surface area (Å²) >= 11 is 0. The first-order valence-electron chi connectivity index (χ1n) is 6.76. The van der Waals surface area contributed by atoms with Crippen molar-refractivity contribution >= 4 is 11.7 Å². The van der Waals surface area contributed by atoms with Crippen molar-refractivity contribution in [3.05, 3.63) is 29.3 Å². The van der Waals surface area contributed by atoms with Crippen LogP contribution in [0.25, 0.3) is 0 Å². The van der Waals surface area contributed by atoms with Gasteiger partial charge < -0.3 is 10.0 Å². The maximum atomic E-state index is 11.0. The largest absolute Gasteiger partial charge is 0.478 e. The minimum absolute atomic E-state index is 0.418. The number of carbonyl (C=O) groups is 1. The second-order valence-corrected chi connectivity index (χ2v) is 5.63. The summed E-state index contributed by atoms with van der Waals surface area (Å²) in [5.41, 5.74) is 2.48. The molecule has 0 radical (unpaired) electrons. The minimum atomic E-state index is -0.834. The summed E-state index contributed by atoms with van der Waals surface area (Å²) in [6.45, 7) is 3.03. The first-order valence-corrected chi connectivity index (χ1v) is 6.76. The van der Waals surface area contributed by atoms with E-state index in [1.807, 2.05) is 19.1 Å². The Labute approximate surface area is 107 Å². The Morgan fingerprint density at radius 2 is 2.06 bits per heavy atom. The fourth-order valence-corrected chi connectivity index (χ4v) is 2.50. The van der Waals surface area contributed by atoms with E-state index in [9.17, 15) is 4.79 Å². The third-order valence-electron chi connectivity index (χ3n) is 3.91. The van der Waals surface area contributed by atoms with Crippen LogP contribution in [0.2, 0.25) is 0 Å². The molecule has 2 aliphatic rings. The molecule has 0 heterocycles. The van der Waals surface area contributed by atoms with Crippen LogP contribution in [-0.4, -0.2) is 23.7 Å². The molecule has 2 fully saturated rings. The molecule has 0 aliphatic heterocycles. The molecule has 3 nitrogen and oxygen atoms in total. The number of aryl methyl sites for hydroxylation is 1. The summed E-state index contributed by atoms with van der Waals surface area (Å²) in [5, 5.41) is 9.06. The molecule has 2 saturated carbocycles. The van der Waals surface area contributed by atoms with E-state index < -0.39 is 5.97 Å². The van der Waals surface area contributed by atoms with E-state index in [1.54, 1.807) is 6.07 Å². The van der Waals surface area contributed by atoms with Gasteiger partial charge in [-0.2, -0.15) is 0 Å². The van der Waals surface area contributed by atoms with Gasteiger partial charge >= 0.3 is 5.97 Å². The van der Waals surface area contributed by atoms with Crippen molar-refractivity contribution in [3.63, 3.8) is 0 Å². The van der Waals surface area contributed by atoms with Crippen LogP contribution in [0.5, 0.6) is 0 Å². The fraction of sp³-hybridized carbons (Fsp3) is 0.533. The van der Waals surface area contributed by atoms with Crippen molar-refractivity contribution < 1.29 is 9.90 Å². The van der Waals surface area contributed by atoms with Crippen molar-refractivity contribution in [1.82, 2.24) is 0 Å². The number of carboxylic acid groups (broad SMARTS) is 1. The standard InChI is InChI=1S/C15H19NO2/c1-10-8-13(6-7-14(10)15(17)18)16(12-4-5-12)9-11-2-3-11/h6-8,11-12H,2-5,9H2,1H3,(H,17,18). The van der Waals surface area contributed by atoms with Crippen molar-refractivity contribution in [2.24, 2.45) is 5.92 Å². The van der Waals surface area contributed by atoms with E-state index in [0.29, 0.717) is 11.6 Å². The minimum Gasteiger partial charge on any atom is -0.478 e. The lowest BCUT2D eigenvalue weighted by molar-refractivity contribution is 0.0696. The van der Waals surface area contributed by atoms with Gasteiger partial charge in [0.05, 0.1) is 5.56 Å². The predicted octanol–water partition coefficient (Wildman–Crippen LogP) is 3.07. The average molecular weight is 245 g/mol. The summed E-state index contributed by atoms with van der Waals surface area (Å²) in [4.78, 5) is 13.5. The van der Waals surface area contributed by atoms with Crippen LogP contribution < -0.4 is 4.90 Å². The number of aromatic carboxylic acids is 1. The highest BCUT2D eigenvalue weighted by Gasteiger charge is 2.33. The molecule has 0 atom stereocenters. The zero-order valence-electron chi connectivity index (χ0n) is 10.7. The maximum Gasteiger partial charge on any atom is 0.335 e. The molecule has 3 rings (SSSR count). The molecule has 18 heavy (non-hydrogen) atoms. The molecule has 1 aromatic rings. The molecule has 0 unspecified atom stereocenters. The third kappa shape index (κ3) is 2.35. The highest BCUT2D eigenvalue weighted by molar-refractivity contribution is 5.89. The third-order valence-corrected chi connectivity index (χ3v) is 3.91. The quantitative estimate of drug-likeness (QED) is 0.866. The maximum absolute atomic E-state index is 11.0. The van der Waals surface area contributed by atoms with Gasteiger partial charge in [0, 0.05) is 18.3 Å². The van der Waals surface area contributed by atoms with Gasteiger partial charge in [-0.1, -0.05) is 0 Å². The van der Waals surface area contributed by atoms with Crippen LogP contribution in [0.4, 0.5) is 5.69 Å². The van der Waals surface area contributed by atoms with Crippen LogP contribution in [0, 0.1) is 12.8 Å². The van der Waals surface area contributed by atoms with E-state index in [1.165, 1.54) is 31.4 Å². The van der Waals surface area contributed by atoms with Gasteiger partial charge in [0.15, 0.2) is 0 Å². The molecule has 0 aromatic heterocycles. The molecule has 0 spiro atoms. The van der Waals surface area contributed by atoms with E-state index in [2.05, 4.69) is 4.90 Å². The first kappa shape index (κ1) is 11.6. The molecule has 1 aromatic carbocycles. The lowest BCUT2D eigenvalue weighted by Gasteiger charge is -2.25. The van der Waals surface area contributed by atoms with Crippen molar-refractivity contribution in [2.45, 2.75) is 38.6 Å². The van der Waals surface area contributed by atoms with E-state index >= 15 is 0 Å². The number of nitrogens with zero attached hydrogens (tertiary/aromatic N) is 1. The molecule has 0 saturated heterocycles. The monoisotopic (exact) mass is 245 g/mol. The smallest absolute Gasteiger partial charge is 0.335 e. The second-order valence-electron chi connectivity index (χ2n) is 5.63. The van der Waals surface area contributed by atoms with Gasteiger partial charge in [-0.15, -0.1) is 0 Å². The predicted molar refractivity (Wildman–Crippen MR) is 71.2 cm³/mol. The van der Waals surface area contributed by atoms with Gasteiger partial charge in [0.1, 0.15) is 0 Å². The first-order chi connectivity index (χ1) is 8.65. The Hall–Kier alpha value is -1.51. The summed E-state index contributed by atoms with van der Waals surface area (Å²) in [6.07, 6.45) is 5.28. The van der Waals surface area contributed by atoms with Gasteiger partial charge in [-0.05, 0) is 62.3 Å². The zero-order chi connectivity index (χ0) is 12.7. The molecule has 96 valence electrons. The van der Waals surface area contributed by atoms with Crippen LogP contribution >= 0.6 is 0 Å². The number of hydrogen-bond acceptors (Lipinski definition) is 2. The van der Waals surface area contributed by atoms with Crippen LogP contribution in [0.3, 0.4) is 0 Å². The SMILES string of the molecule is Cc1cc(N(CC2CC2)C2CC2)ccc1C(=O)O. The summed E-state index contributed by atoms with van der Waals surface area (Å²) in [5.74, 6) is 0.0317. The highest BCUT2D eigenvalue weighted by atomic mass is 16.4. The van der Waals surface area contributed by atoms with E-state index in [0.717, 1.165) is 18.0 Å². The van der Waals surface area contributed by atoms with E-state index in [-0.39, 0.29) is 0 Å². The Balaban J connectivity index is 1.84. The summed E-state index contributed by atoms with van der Waals surface area (Å²) < 4.78 is 0. The van der Waals surface area contributed by atoms with Crippen LogP contribution in [0.15, 0.2) is 18.2 Å². The van der Waals surface area contributed by atoms with Crippen LogP contribution in [0.1, 0.15) is 41.6 Å². The molecule has 0 amide bonds. The Bertz CT molecular complexity index is 475. The molecular formula is C15H19NO2. The molecular weight excluding hydrogens is 226 g/mol. The topological polar surface area (TPSA) is 40.5 Å². The van der Waals surface area contributed by atoms with Gasteiger partial charge in [-0.3, -0.25) is 0 Å². The summed E-state index contributed by atoms with van der Waals surface area (Å²) in [6, 6.07) is 6.44. The van der Waals surface area contributed by atoms with E-state index in [4.69, 9.17) is 5.11 Å². The fourth-order valence-electron chi connectivity index (χ4n) is 2.50. The summed E-state index contributed by atoms with van der Waals surface area (Å²) in [7, 11) is 0. The Kier molecular flexibility index (Phi) is 2.77. The molecule has 1 N–H and O–H groups in total. The Morgan fingerprint density at radius 1 is 1.33 bits per heavy atom. The van der Waals surface area contributed by atoms with Crippen molar-refractivity contribution in [1.29, 1.82) is 0 Å². The number of benzene rings is 1. The highest BCUT2D eigenvalue weighted by Crippen LogP contribution is 2.38. The normalized spacial score (nSPS) is 18.7. The second kappa shape index (κ2) is 4.30. The van der Waals surface area contributed by atoms with Gasteiger partial charge in [0.2, 0.25) is 0 Å². The number of hydrogen-bond donors (Lipinski definition) is 1. The Morgan fingerprint density at radius 3 is 2.56 bits per heavy atom.